The highest BCUT2D eigenvalue weighted by molar-refractivity contribution is 5.68. The van der Waals surface area contributed by atoms with Gasteiger partial charge in [-0.3, -0.25) is 5.10 Å². The lowest BCUT2D eigenvalue weighted by Crippen LogP contribution is -2.58. The molecule has 3 atom stereocenters. The van der Waals surface area contributed by atoms with Gasteiger partial charge in [-0.1, -0.05) is 6.08 Å². The molecule has 10 nitrogen and oxygen atoms in total. The minimum atomic E-state index is -0.795. The fraction of sp³-hybridized carbons (Fsp3) is 0.565. The van der Waals surface area contributed by atoms with Gasteiger partial charge in [0.25, 0.3) is 0 Å². The van der Waals surface area contributed by atoms with Gasteiger partial charge in [-0.25, -0.2) is 9.78 Å². The van der Waals surface area contributed by atoms with Crippen molar-refractivity contribution in [1.82, 2.24) is 25.1 Å². The number of rotatable bonds is 5. The summed E-state index contributed by atoms with van der Waals surface area (Å²) >= 11 is 0. The molecule has 2 aromatic rings. The fourth-order valence-electron chi connectivity index (χ4n) is 5.34. The minimum Gasteiger partial charge on any atom is -0.465 e. The maximum absolute atomic E-state index is 11.8. The second-order valence-electron chi connectivity index (χ2n) is 9.22. The molecule has 2 bridgehead atoms. The van der Waals surface area contributed by atoms with Crippen LogP contribution in [0.4, 0.5) is 22.4 Å². The van der Waals surface area contributed by atoms with Crippen LogP contribution in [-0.4, -0.2) is 74.7 Å². The zero-order chi connectivity index (χ0) is 22.9. The van der Waals surface area contributed by atoms with Gasteiger partial charge in [0.05, 0.1) is 18.9 Å². The van der Waals surface area contributed by atoms with Crippen molar-refractivity contribution in [2.24, 2.45) is 0 Å². The number of anilines is 3. The zero-order valence-corrected chi connectivity index (χ0v) is 19.1. The van der Waals surface area contributed by atoms with Crippen molar-refractivity contribution in [3.05, 3.63) is 29.6 Å². The summed E-state index contributed by atoms with van der Waals surface area (Å²) in [5.41, 5.74) is 3.00. The molecule has 5 heterocycles. The number of nitrogens with one attached hydrogen (secondary N) is 2. The van der Waals surface area contributed by atoms with Crippen LogP contribution in [0.3, 0.4) is 0 Å². The molecule has 0 spiro atoms. The van der Waals surface area contributed by atoms with Gasteiger partial charge in [-0.2, -0.15) is 10.1 Å². The number of piperidine rings is 2. The molecule has 0 aliphatic carbocycles. The van der Waals surface area contributed by atoms with E-state index < -0.39 is 6.09 Å². The Morgan fingerprint density at radius 3 is 2.67 bits per heavy atom. The Kier molecular flexibility index (Phi) is 5.92. The van der Waals surface area contributed by atoms with Crippen LogP contribution in [0.15, 0.2) is 18.2 Å². The first-order chi connectivity index (χ1) is 16.0. The molecule has 2 fully saturated rings. The summed E-state index contributed by atoms with van der Waals surface area (Å²) in [5.74, 6) is 2.03. The van der Waals surface area contributed by atoms with Gasteiger partial charge in [-0.15, -0.1) is 0 Å². The lowest BCUT2D eigenvalue weighted by Gasteiger charge is -2.49. The number of aryl methyl sites for hydroxylation is 1. The number of nitrogens with zero attached hydrogens (tertiary/aromatic N) is 5. The first-order valence-corrected chi connectivity index (χ1v) is 11.7. The lowest BCUT2D eigenvalue weighted by atomic mass is 9.81. The number of carbonyl (C=O) groups is 1. The molecule has 5 rings (SSSR count). The number of amides is 1. The summed E-state index contributed by atoms with van der Waals surface area (Å²) in [6, 6.07) is 4.21. The van der Waals surface area contributed by atoms with Crippen molar-refractivity contribution in [3.63, 3.8) is 0 Å². The Labute approximate surface area is 193 Å². The van der Waals surface area contributed by atoms with Gasteiger partial charge in [0, 0.05) is 43.0 Å². The number of fused-ring (bicyclic) bond motifs is 2. The largest absolute Gasteiger partial charge is 0.465 e. The Morgan fingerprint density at radius 2 is 2.03 bits per heavy atom. The summed E-state index contributed by atoms with van der Waals surface area (Å²) in [6.07, 6.45) is 6.62. The van der Waals surface area contributed by atoms with Gasteiger partial charge in [0.2, 0.25) is 5.95 Å². The van der Waals surface area contributed by atoms with Crippen LogP contribution in [0.5, 0.6) is 0 Å². The molecule has 3 aliphatic heterocycles. The normalized spacial score (nSPS) is 24.8. The lowest BCUT2D eigenvalue weighted by molar-refractivity contribution is 0.0351. The molecule has 1 amide bonds. The van der Waals surface area contributed by atoms with Gasteiger partial charge in [-0.05, 0) is 51.0 Å². The molecule has 3 N–H and O–H groups in total. The number of hydrogen-bond donors (Lipinski definition) is 3. The van der Waals surface area contributed by atoms with Crippen molar-refractivity contribution in [2.45, 2.75) is 63.6 Å². The highest BCUT2D eigenvalue weighted by Gasteiger charge is 2.42. The van der Waals surface area contributed by atoms with E-state index in [1.54, 1.807) is 4.90 Å². The van der Waals surface area contributed by atoms with Crippen LogP contribution >= 0.6 is 0 Å². The number of H-pyrrole nitrogens is 1. The van der Waals surface area contributed by atoms with Crippen molar-refractivity contribution >= 4 is 29.3 Å². The van der Waals surface area contributed by atoms with Crippen LogP contribution in [0.1, 0.15) is 49.9 Å². The van der Waals surface area contributed by atoms with E-state index >= 15 is 0 Å². The van der Waals surface area contributed by atoms with Gasteiger partial charge >= 0.3 is 6.09 Å². The van der Waals surface area contributed by atoms with E-state index in [1.807, 2.05) is 26.1 Å². The average molecular weight is 454 g/mol. The minimum absolute atomic E-state index is 0.0634. The van der Waals surface area contributed by atoms with E-state index in [2.05, 4.69) is 26.5 Å². The molecule has 176 valence electrons. The summed E-state index contributed by atoms with van der Waals surface area (Å²) in [7, 11) is 2.02. The second-order valence-corrected chi connectivity index (χ2v) is 9.22. The van der Waals surface area contributed by atoms with Crippen molar-refractivity contribution in [1.29, 1.82) is 0 Å². The highest BCUT2D eigenvalue weighted by atomic mass is 16.5. The smallest absolute Gasteiger partial charge is 0.407 e. The Balaban J connectivity index is 1.44. The van der Waals surface area contributed by atoms with Gasteiger partial charge in [0.15, 0.2) is 5.82 Å². The summed E-state index contributed by atoms with van der Waals surface area (Å²) in [6.45, 7) is 3.22. The molecule has 0 radical (unpaired) electrons. The van der Waals surface area contributed by atoms with Crippen LogP contribution in [0.25, 0.3) is 5.57 Å². The van der Waals surface area contributed by atoms with E-state index in [-0.39, 0.29) is 18.1 Å². The summed E-state index contributed by atoms with van der Waals surface area (Å²) in [4.78, 5) is 25.4. The topological polar surface area (TPSA) is 120 Å². The van der Waals surface area contributed by atoms with Crippen LogP contribution in [-0.2, 0) is 4.74 Å². The standard InChI is InChI=1S/C23H31N7O3/c1-14-10-21(28-27-14)25-20-13-19(15-6-8-33-9-7-15)24-22(26-20)29(2)18-11-16-4-3-5-17(12-18)30(16)23(31)32/h6,10,13,16-18H,3-5,7-9,11-12H2,1-2H3,(H,31,32)(H2,24,25,26,27,28)/t16-,17+,18+. The third kappa shape index (κ3) is 4.52. The molecule has 0 aromatic carbocycles. The fourth-order valence-corrected chi connectivity index (χ4v) is 5.34. The van der Waals surface area contributed by atoms with E-state index in [1.165, 1.54) is 0 Å². The third-order valence-corrected chi connectivity index (χ3v) is 7.00. The number of ether oxygens (including phenoxy) is 1. The second kappa shape index (κ2) is 9.01. The maximum Gasteiger partial charge on any atom is 0.407 e. The summed E-state index contributed by atoms with van der Waals surface area (Å²) in [5, 5.41) is 20.2. The molecule has 0 saturated carbocycles. The van der Waals surface area contributed by atoms with Crippen molar-refractivity contribution < 1.29 is 14.6 Å². The van der Waals surface area contributed by atoms with E-state index in [9.17, 15) is 9.90 Å². The van der Waals surface area contributed by atoms with Crippen molar-refractivity contribution in [2.75, 3.05) is 30.5 Å². The van der Waals surface area contributed by atoms with E-state index in [4.69, 9.17) is 14.7 Å². The molecular formula is C23H31N7O3. The monoisotopic (exact) mass is 453 g/mol. The van der Waals surface area contributed by atoms with Crippen LogP contribution in [0, 0.1) is 6.92 Å². The highest BCUT2D eigenvalue weighted by Crippen LogP contribution is 2.37. The van der Waals surface area contributed by atoms with Gasteiger partial charge in [0.1, 0.15) is 5.82 Å². The number of hydrogen-bond acceptors (Lipinski definition) is 7. The Hall–Kier alpha value is -3.14. The Bertz CT molecular complexity index is 1040. The summed E-state index contributed by atoms with van der Waals surface area (Å²) < 4.78 is 5.48. The molecule has 10 heteroatoms. The quantitative estimate of drug-likeness (QED) is 0.629. The third-order valence-electron chi connectivity index (χ3n) is 7.00. The van der Waals surface area contributed by atoms with Crippen molar-refractivity contribution in [3.8, 4) is 0 Å². The zero-order valence-electron chi connectivity index (χ0n) is 19.1. The number of aromatic amines is 1. The molecule has 2 aromatic heterocycles. The SMILES string of the molecule is Cc1cc(Nc2cc(C3=CCOCC3)nc(N(C)[C@H]3C[C@H]4CCC[C@@H](C3)N4C(=O)O)n2)n[nH]1. The maximum atomic E-state index is 11.8. The number of aromatic nitrogens is 4. The molecule has 2 saturated heterocycles. The first-order valence-electron chi connectivity index (χ1n) is 11.7. The molecule has 3 aliphatic rings. The number of carboxylic acid groups (broad SMARTS) is 1. The van der Waals surface area contributed by atoms with E-state index in [0.29, 0.717) is 30.8 Å². The van der Waals surface area contributed by atoms with Crippen LogP contribution < -0.4 is 10.2 Å². The molecule has 0 unspecified atom stereocenters. The predicted octanol–water partition coefficient (Wildman–Crippen LogP) is 3.56. The molecular weight excluding hydrogens is 422 g/mol. The predicted molar refractivity (Wildman–Crippen MR) is 125 cm³/mol. The average Bonchev–Trinajstić information content (AvgIpc) is 3.22. The Morgan fingerprint density at radius 1 is 1.24 bits per heavy atom. The molecule has 33 heavy (non-hydrogen) atoms. The van der Waals surface area contributed by atoms with Gasteiger partial charge < -0.3 is 25.0 Å². The van der Waals surface area contributed by atoms with E-state index in [0.717, 1.165) is 55.5 Å². The van der Waals surface area contributed by atoms with Crippen LogP contribution in [0.2, 0.25) is 0 Å². The first kappa shape index (κ1) is 21.7.